The molecule has 0 saturated carbocycles. The Labute approximate surface area is 283 Å². The van der Waals surface area contributed by atoms with E-state index in [1.165, 1.54) is 5.56 Å². The van der Waals surface area contributed by atoms with Crippen LogP contribution in [0.2, 0.25) is 0 Å². The van der Waals surface area contributed by atoms with Crippen molar-refractivity contribution in [2.75, 3.05) is 5.32 Å². The van der Waals surface area contributed by atoms with Gasteiger partial charge in [-0.3, -0.25) is 4.57 Å². The number of furan rings is 1. The summed E-state index contributed by atoms with van der Waals surface area (Å²) in [4.78, 5) is 9.73. The van der Waals surface area contributed by atoms with Crippen LogP contribution in [0.15, 0.2) is 127 Å². The van der Waals surface area contributed by atoms with Gasteiger partial charge in [-0.05, 0) is 74.2 Å². The number of benzene rings is 3. The van der Waals surface area contributed by atoms with Crippen LogP contribution in [0.4, 0.5) is 11.4 Å². The van der Waals surface area contributed by atoms with Crippen LogP contribution in [0.25, 0.3) is 45.7 Å². The molecule has 5 heteroatoms. The zero-order valence-corrected chi connectivity index (χ0v) is 28.2. The molecule has 3 aromatic carbocycles. The molecule has 1 unspecified atom stereocenters. The number of rotatable bonds is 12. The Bertz CT molecular complexity index is 2190. The highest BCUT2D eigenvalue weighted by molar-refractivity contribution is 5.94. The minimum Gasteiger partial charge on any atom is -0.457 e. The summed E-state index contributed by atoms with van der Waals surface area (Å²) in [6.07, 6.45) is 18.3. The van der Waals surface area contributed by atoms with E-state index in [0.717, 1.165) is 74.4 Å². The van der Waals surface area contributed by atoms with Crippen molar-refractivity contribution in [1.82, 2.24) is 14.5 Å². The van der Waals surface area contributed by atoms with Crippen molar-refractivity contribution in [2.24, 2.45) is 0 Å². The Morgan fingerprint density at radius 3 is 2.56 bits per heavy atom. The molecule has 6 rings (SSSR count). The number of aromatic nitrogens is 3. The number of anilines is 2. The molecule has 0 amide bonds. The lowest BCUT2D eigenvalue weighted by atomic mass is 9.89. The molecule has 0 bridgehead atoms. The molecule has 3 aromatic heterocycles. The smallest absolute Gasteiger partial charge is 0.235 e. The largest absolute Gasteiger partial charge is 0.457 e. The maximum absolute atomic E-state index is 5.95. The molecule has 3 heterocycles. The topological polar surface area (TPSA) is 55.9 Å². The lowest BCUT2D eigenvalue weighted by Gasteiger charge is -2.20. The summed E-state index contributed by atoms with van der Waals surface area (Å²) < 4.78 is 8.07. The number of hydrogen-bond acceptors (Lipinski definition) is 4. The van der Waals surface area contributed by atoms with Crippen molar-refractivity contribution < 1.29 is 4.42 Å². The monoisotopic (exact) mass is 630 g/mol. The van der Waals surface area contributed by atoms with Crippen LogP contribution >= 0.6 is 0 Å². The molecule has 1 atom stereocenters. The maximum Gasteiger partial charge on any atom is 0.235 e. The zero-order chi connectivity index (χ0) is 33.6. The number of allylic oxidation sites excluding steroid dienone is 6. The van der Waals surface area contributed by atoms with Crippen molar-refractivity contribution in [2.45, 2.75) is 46.5 Å². The molecule has 0 fully saturated rings. The Balaban J connectivity index is 1.39. The first-order valence-electron chi connectivity index (χ1n) is 16.5. The number of aryl methyl sites for hydroxylation is 1. The second kappa shape index (κ2) is 14.4. The van der Waals surface area contributed by atoms with Gasteiger partial charge in [0, 0.05) is 39.5 Å². The number of para-hydroxylation sites is 2. The average Bonchev–Trinajstić information content (AvgIpc) is 3.57. The van der Waals surface area contributed by atoms with E-state index < -0.39 is 0 Å². The molecule has 0 aliphatic heterocycles. The zero-order valence-electron chi connectivity index (χ0n) is 28.2. The van der Waals surface area contributed by atoms with Crippen LogP contribution < -0.4 is 5.32 Å². The van der Waals surface area contributed by atoms with Crippen molar-refractivity contribution >= 4 is 51.1 Å². The summed E-state index contributed by atoms with van der Waals surface area (Å²) in [6, 6.07) is 25.3. The van der Waals surface area contributed by atoms with Gasteiger partial charge in [-0.25, -0.2) is 9.97 Å². The van der Waals surface area contributed by atoms with E-state index in [9.17, 15) is 0 Å². The molecule has 6 aromatic rings. The fourth-order valence-corrected chi connectivity index (χ4v) is 6.37. The van der Waals surface area contributed by atoms with Crippen molar-refractivity contribution in [3.05, 3.63) is 156 Å². The van der Waals surface area contributed by atoms with Gasteiger partial charge in [0.15, 0.2) is 5.58 Å². The number of nitrogens with one attached hydrogen (secondary N) is 1. The summed E-state index contributed by atoms with van der Waals surface area (Å²) in [6.45, 7) is 16.7. The first-order valence-corrected chi connectivity index (χ1v) is 16.5. The normalized spacial score (nSPS) is 12.6. The van der Waals surface area contributed by atoms with Gasteiger partial charge >= 0.3 is 0 Å². The van der Waals surface area contributed by atoms with Crippen LogP contribution in [0.3, 0.4) is 0 Å². The highest BCUT2D eigenvalue weighted by Crippen LogP contribution is 2.35. The van der Waals surface area contributed by atoms with E-state index in [1.54, 1.807) is 6.20 Å². The van der Waals surface area contributed by atoms with Gasteiger partial charge in [0.25, 0.3) is 0 Å². The van der Waals surface area contributed by atoms with E-state index in [0.29, 0.717) is 11.5 Å². The molecule has 0 radical (unpaired) electrons. The van der Waals surface area contributed by atoms with Crippen LogP contribution in [0.5, 0.6) is 0 Å². The molecule has 0 spiro atoms. The third-order valence-corrected chi connectivity index (χ3v) is 8.74. The van der Waals surface area contributed by atoms with E-state index in [-0.39, 0.29) is 5.92 Å². The van der Waals surface area contributed by atoms with Gasteiger partial charge in [-0.1, -0.05) is 111 Å². The quantitative estimate of drug-likeness (QED) is 0.137. The molecule has 240 valence electrons. The standard InChI is InChI=1S/C43H42N4O/c1-7-10-18-32(16-8-2)38-27-33(24-26-39(38)45-34-19-12-11-13-20-34)29(4)23-25-35-30(5)47(40-22-15-14-21-37(35)40)43-44-28-41-42(46-43)36(17-9-3)31(6)48-41/h7,9-15,17-28,32,45H,1,4,8,16H2,2-3,5-6H3. The molecule has 0 saturated heterocycles. The van der Waals surface area contributed by atoms with E-state index in [2.05, 4.69) is 110 Å². The third kappa shape index (κ3) is 6.45. The molecular formula is C43H42N4O. The summed E-state index contributed by atoms with van der Waals surface area (Å²) in [5, 5.41) is 4.77. The minimum absolute atomic E-state index is 0.237. The van der Waals surface area contributed by atoms with Crippen LogP contribution in [-0.2, 0) is 0 Å². The Morgan fingerprint density at radius 2 is 1.79 bits per heavy atom. The first kappa shape index (κ1) is 32.3. The summed E-state index contributed by atoms with van der Waals surface area (Å²) >= 11 is 0. The van der Waals surface area contributed by atoms with Crippen molar-refractivity contribution in [1.29, 1.82) is 0 Å². The predicted molar refractivity (Wildman–Crippen MR) is 204 cm³/mol. The SMILES string of the molecule is C=CC=CC(CCC)c1cc(C(=C)C=Cc2c(C)n(-c3ncc4oc(C)c(C=CC)c4n3)c3ccccc23)ccc1Nc1ccccc1. The maximum atomic E-state index is 5.95. The van der Waals surface area contributed by atoms with Crippen LogP contribution in [0.1, 0.15) is 66.3 Å². The predicted octanol–water partition coefficient (Wildman–Crippen LogP) is 11.9. The van der Waals surface area contributed by atoms with E-state index in [1.807, 2.05) is 56.4 Å². The molecule has 5 nitrogen and oxygen atoms in total. The number of nitrogens with zero attached hydrogens (tertiary/aromatic N) is 3. The highest BCUT2D eigenvalue weighted by Gasteiger charge is 2.19. The Kier molecular flexibility index (Phi) is 9.67. The minimum atomic E-state index is 0.237. The highest BCUT2D eigenvalue weighted by atomic mass is 16.3. The second-order valence-electron chi connectivity index (χ2n) is 12.0. The molecule has 0 aliphatic rings. The van der Waals surface area contributed by atoms with Gasteiger partial charge in [-0.15, -0.1) is 0 Å². The number of hydrogen-bond donors (Lipinski definition) is 1. The van der Waals surface area contributed by atoms with E-state index in [4.69, 9.17) is 14.4 Å². The van der Waals surface area contributed by atoms with Crippen molar-refractivity contribution in [3.8, 4) is 5.95 Å². The van der Waals surface area contributed by atoms with Gasteiger partial charge < -0.3 is 9.73 Å². The number of fused-ring (bicyclic) bond motifs is 2. The van der Waals surface area contributed by atoms with Crippen LogP contribution in [-0.4, -0.2) is 14.5 Å². The van der Waals surface area contributed by atoms with Crippen molar-refractivity contribution in [3.63, 3.8) is 0 Å². The first-order chi connectivity index (χ1) is 23.4. The van der Waals surface area contributed by atoms with Gasteiger partial charge in [0.05, 0.1) is 11.7 Å². The fourth-order valence-electron chi connectivity index (χ4n) is 6.37. The van der Waals surface area contributed by atoms with Gasteiger partial charge in [-0.2, -0.15) is 0 Å². The van der Waals surface area contributed by atoms with E-state index >= 15 is 0 Å². The summed E-state index contributed by atoms with van der Waals surface area (Å²) in [7, 11) is 0. The Hall–Kier alpha value is -5.68. The molecule has 48 heavy (non-hydrogen) atoms. The van der Waals surface area contributed by atoms with Gasteiger partial charge in [0.1, 0.15) is 11.3 Å². The van der Waals surface area contributed by atoms with Gasteiger partial charge in [0.2, 0.25) is 5.95 Å². The second-order valence-corrected chi connectivity index (χ2v) is 12.0. The van der Waals surface area contributed by atoms with Crippen LogP contribution in [0, 0.1) is 13.8 Å². The lowest BCUT2D eigenvalue weighted by Crippen LogP contribution is -2.03. The lowest BCUT2D eigenvalue weighted by molar-refractivity contribution is 0.575. The molecular weight excluding hydrogens is 589 g/mol. The third-order valence-electron chi connectivity index (χ3n) is 8.74. The average molecular weight is 631 g/mol. The summed E-state index contributed by atoms with van der Waals surface area (Å²) in [5.41, 5.74) is 11.1. The molecule has 0 aliphatic carbocycles. The Morgan fingerprint density at radius 1 is 1.00 bits per heavy atom. The summed E-state index contributed by atoms with van der Waals surface area (Å²) in [5.74, 6) is 1.68. The fraction of sp³-hybridized carbons (Fsp3) is 0.163. The molecule has 1 N–H and O–H groups in total.